The fraction of sp³-hybridized carbons (Fsp3) is 0.368. The number of guanidine groups is 1. The van der Waals surface area contributed by atoms with E-state index < -0.39 is 6.61 Å². The summed E-state index contributed by atoms with van der Waals surface area (Å²) in [6.07, 6.45) is 0.754. The van der Waals surface area contributed by atoms with Gasteiger partial charge in [0.25, 0.3) is 5.91 Å². The standard InChI is InChI=1S/C19H24F2N4O2S/c1-22-19(24-11-4-10-23-17(26)16-5-3-12-28-16)25(2)13-14-6-8-15(9-7-14)27-18(20)21/h3,5-9,12,18H,4,10-11,13H2,1-2H3,(H,22,24)(H,23,26). The maximum absolute atomic E-state index is 12.2. The minimum atomic E-state index is -2.83. The zero-order valence-corrected chi connectivity index (χ0v) is 16.6. The summed E-state index contributed by atoms with van der Waals surface area (Å²) < 4.78 is 28.7. The highest BCUT2D eigenvalue weighted by Crippen LogP contribution is 2.15. The van der Waals surface area contributed by atoms with Gasteiger partial charge in [-0.05, 0) is 35.6 Å². The molecule has 9 heteroatoms. The van der Waals surface area contributed by atoms with Crippen LogP contribution < -0.4 is 15.4 Å². The molecule has 1 heterocycles. The number of alkyl halides is 2. The number of rotatable bonds is 9. The highest BCUT2D eigenvalue weighted by molar-refractivity contribution is 7.12. The Hall–Kier alpha value is -2.68. The zero-order chi connectivity index (χ0) is 20.4. The average molecular weight is 410 g/mol. The van der Waals surface area contributed by atoms with Crippen molar-refractivity contribution in [2.75, 3.05) is 27.2 Å². The Morgan fingerprint density at radius 3 is 2.54 bits per heavy atom. The molecule has 0 radical (unpaired) electrons. The predicted molar refractivity (Wildman–Crippen MR) is 107 cm³/mol. The van der Waals surface area contributed by atoms with Gasteiger partial charge in [0.15, 0.2) is 5.96 Å². The van der Waals surface area contributed by atoms with Gasteiger partial charge in [0.1, 0.15) is 5.75 Å². The van der Waals surface area contributed by atoms with Crippen molar-refractivity contribution in [2.24, 2.45) is 4.99 Å². The first-order chi connectivity index (χ1) is 13.5. The average Bonchev–Trinajstić information content (AvgIpc) is 3.20. The van der Waals surface area contributed by atoms with Crippen LogP contribution in [0.25, 0.3) is 0 Å². The van der Waals surface area contributed by atoms with Crippen LogP contribution in [-0.2, 0) is 6.54 Å². The van der Waals surface area contributed by atoms with E-state index in [1.807, 2.05) is 23.4 Å². The molecule has 0 spiro atoms. The number of nitrogens with one attached hydrogen (secondary N) is 2. The molecule has 0 aliphatic heterocycles. The van der Waals surface area contributed by atoms with Crippen molar-refractivity contribution in [3.63, 3.8) is 0 Å². The maximum Gasteiger partial charge on any atom is 0.387 e. The second-order valence-corrected chi connectivity index (χ2v) is 6.89. The minimum Gasteiger partial charge on any atom is -0.435 e. The molecule has 0 saturated carbocycles. The van der Waals surface area contributed by atoms with E-state index in [-0.39, 0.29) is 11.7 Å². The van der Waals surface area contributed by atoms with Gasteiger partial charge in [0.2, 0.25) is 0 Å². The van der Waals surface area contributed by atoms with Gasteiger partial charge in [0, 0.05) is 33.7 Å². The van der Waals surface area contributed by atoms with E-state index in [0.29, 0.717) is 30.5 Å². The molecule has 1 amide bonds. The Balaban J connectivity index is 1.71. The highest BCUT2D eigenvalue weighted by atomic mass is 32.1. The van der Waals surface area contributed by atoms with Crippen molar-refractivity contribution in [3.8, 4) is 5.75 Å². The molecule has 6 nitrogen and oxygen atoms in total. The van der Waals surface area contributed by atoms with Crippen LogP contribution >= 0.6 is 11.3 Å². The van der Waals surface area contributed by atoms with Crippen molar-refractivity contribution in [3.05, 3.63) is 52.2 Å². The van der Waals surface area contributed by atoms with E-state index in [1.54, 1.807) is 25.2 Å². The molecule has 1 aromatic heterocycles. The third-order valence-electron chi connectivity index (χ3n) is 3.81. The Labute approximate surface area is 167 Å². The van der Waals surface area contributed by atoms with E-state index in [4.69, 9.17) is 0 Å². The first-order valence-electron chi connectivity index (χ1n) is 8.77. The smallest absolute Gasteiger partial charge is 0.387 e. The lowest BCUT2D eigenvalue weighted by Gasteiger charge is -2.22. The Morgan fingerprint density at radius 2 is 1.93 bits per heavy atom. The number of halogens is 2. The molecular formula is C19H24F2N4O2S. The summed E-state index contributed by atoms with van der Waals surface area (Å²) in [5.41, 5.74) is 0.940. The number of benzene rings is 1. The highest BCUT2D eigenvalue weighted by Gasteiger charge is 2.09. The summed E-state index contributed by atoms with van der Waals surface area (Å²) in [7, 11) is 3.58. The van der Waals surface area contributed by atoms with Crippen molar-refractivity contribution in [1.82, 2.24) is 15.5 Å². The summed E-state index contributed by atoms with van der Waals surface area (Å²) in [5.74, 6) is 0.779. The first-order valence-corrected chi connectivity index (χ1v) is 9.65. The van der Waals surface area contributed by atoms with Gasteiger partial charge in [-0.25, -0.2) is 0 Å². The van der Waals surface area contributed by atoms with Crippen LogP contribution in [0.2, 0.25) is 0 Å². The fourth-order valence-corrected chi connectivity index (χ4v) is 3.14. The van der Waals surface area contributed by atoms with Crippen LogP contribution in [0.4, 0.5) is 8.78 Å². The van der Waals surface area contributed by atoms with Gasteiger partial charge < -0.3 is 20.3 Å². The van der Waals surface area contributed by atoms with Crippen LogP contribution in [0.5, 0.6) is 5.75 Å². The van der Waals surface area contributed by atoms with Crippen LogP contribution in [-0.4, -0.2) is 50.6 Å². The number of carbonyl (C=O) groups excluding carboxylic acids is 1. The molecule has 0 aliphatic rings. The molecule has 0 saturated heterocycles. The predicted octanol–water partition coefficient (Wildman–Crippen LogP) is 3.18. The van der Waals surface area contributed by atoms with Crippen molar-refractivity contribution >= 4 is 23.2 Å². The number of hydrogen-bond donors (Lipinski definition) is 2. The second-order valence-electron chi connectivity index (χ2n) is 5.94. The molecule has 0 atom stereocenters. The van der Waals surface area contributed by atoms with Crippen LogP contribution in [0.1, 0.15) is 21.7 Å². The van der Waals surface area contributed by atoms with Gasteiger partial charge in [-0.3, -0.25) is 9.79 Å². The normalized spacial score (nSPS) is 11.4. The molecule has 28 heavy (non-hydrogen) atoms. The van der Waals surface area contributed by atoms with Crippen molar-refractivity contribution < 1.29 is 18.3 Å². The van der Waals surface area contributed by atoms with E-state index in [0.717, 1.165) is 12.0 Å². The van der Waals surface area contributed by atoms with E-state index in [1.165, 1.54) is 23.5 Å². The lowest BCUT2D eigenvalue weighted by Crippen LogP contribution is -2.39. The molecule has 2 N–H and O–H groups in total. The molecular weight excluding hydrogens is 386 g/mol. The number of aliphatic imine (C=N–C) groups is 1. The third kappa shape index (κ3) is 7.15. The Kier molecular flexibility index (Phi) is 8.67. The van der Waals surface area contributed by atoms with Crippen molar-refractivity contribution in [1.29, 1.82) is 0 Å². The van der Waals surface area contributed by atoms with Gasteiger partial charge in [0.05, 0.1) is 4.88 Å². The molecule has 0 fully saturated rings. The van der Waals surface area contributed by atoms with E-state index >= 15 is 0 Å². The molecule has 0 aliphatic carbocycles. The minimum absolute atomic E-state index is 0.0595. The van der Waals surface area contributed by atoms with Gasteiger partial charge >= 0.3 is 6.61 Å². The number of thiophene rings is 1. The molecule has 152 valence electrons. The molecule has 0 bridgehead atoms. The summed E-state index contributed by atoms with van der Waals surface area (Å²) in [5, 5.41) is 7.99. The zero-order valence-electron chi connectivity index (χ0n) is 15.8. The number of amides is 1. The van der Waals surface area contributed by atoms with Crippen LogP contribution in [0, 0.1) is 0 Å². The summed E-state index contributed by atoms with van der Waals surface area (Å²) in [4.78, 5) is 18.7. The number of carbonyl (C=O) groups is 1. The topological polar surface area (TPSA) is 66.0 Å². The fourth-order valence-electron chi connectivity index (χ4n) is 2.50. The molecule has 2 aromatic rings. The van der Waals surface area contributed by atoms with Crippen molar-refractivity contribution in [2.45, 2.75) is 19.6 Å². The summed E-state index contributed by atoms with van der Waals surface area (Å²) in [6.45, 7) is -1.05. The van der Waals surface area contributed by atoms with Crippen LogP contribution in [0.3, 0.4) is 0 Å². The maximum atomic E-state index is 12.2. The van der Waals surface area contributed by atoms with Crippen LogP contribution in [0.15, 0.2) is 46.8 Å². The largest absolute Gasteiger partial charge is 0.435 e. The lowest BCUT2D eigenvalue weighted by molar-refractivity contribution is -0.0498. The second kappa shape index (κ2) is 11.2. The van der Waals surface area contributed by atoms with Gasteiger partial charge in [-0.2, -0.15) is 8.78 Å². The number of nitrogens with zero attached hydrogens (tertiary/aromatic N) is 2. The summed E-state index contributed by atoms with van der Waals surface area (Å²) >= 11 is 1.41. The summed E-state index contributed by atoms with van der Waals surface area (Å²) in [6, 6.07) is 10.1. The third-order valence-corrected chi connectivity index (χ3v) is 4.68. The molecule has 0 unspecified atom stereocenters. The monoisotopic (exact) mass is 410 g/mol. The Bertz CT molecular complexity index is 752. The first kappa shape index (κ1) is 21.6. The number of hydrogen-bond acceptors (Lipinski definition) is 4. The van der Waals surface area contributed by atoms with E-state index in [9.17, 15) is 13.6 Å². The molecule has 2 rings (SSSR count). The Morgan fingerprint density at radius 1 is 1.21 bits per heavy atom. The molecule has 1 aromatic carbocycles. The lowest BCUT2D eigenvalue weighted by atomic mass is 10.2. The van der Waals surface area contributed by atoms with Gasteiger partial charge in [-0.1, -0.05) is 18.2 Å². The van der Waals surface area contributed by atoms with Gasteiger partial charge in [-0.15, -0.1) is 11.3 Å². The quantitative estimate of drug-likeness (QED) is 0.379. The van der Waals surface area contributed by atoms with E-state index in [2.05, 4.69) is 20.4 Å². The SMILES string of the molecule is CN=C(NCCCNC(=O)c1cccs1)N(C)Cc1ccc(OC(F)F)cc1. The number of ether oxygens (including phenoxy) is 1.